The van der Waals surface area contributed by atoms with Gasteiger partial charge in [0, 0.05) is 30.4 Å². The number of nitrogens with zero attached hydrogens (tertiary/aromatic N) is 3. The van der Waals surface area contributed by atoms with Crippen molar-refractivity contribution >= 4 is 11.8 Å². The number of hydroxylamine groups is 1. The van der Waals surface area contributed by atoms with Crippen LogP contribution in [0.25, 0.3) is 0 Å². The summed E-state index contributed by atoms with van der Waals surface area (Å²) in [7, 11) is 0. The van der Waals surface area contributed by atoms with Crippen molar-refractivity contribution in [2.75, 3.05) is 0 Å². The Morgan fingerprint density at radius 3 is 2.32 bits per heavy atom. The van der Waals surface area contributed by atoms with Crippen molar-refractivity contribution < 1.29 is 14.8 Å². The number of rotatable bonds is 2. The number of amidine groups is 1. The van der Waals surface area contributed by atoms with Crippen molar-refractivity contribution in [3.8, 4) is 0 Å². The Bertz CT molecular complexity index is 572. The van der Waals surface area contributed by atoms with Crippen LogP contribution in [0.5, 0.6) is 0 Å². The minimum Gasteiger partial charge on any atom is -0.409 e. The Morgan fingerprint density at radius 2 is 1.79 bits per heavy atom. The van der Waals surface area contributed by atoms with E-state index in [2.05, 4.69) is 20.6 Å². The summed E-state index contributed by atoms with van der Waals surface area (Å²) in [5, 5.41) is 11.9. The highest BCUT2D eigenvalue weighted by Crippen LogP contribution is 2.00. The number of hydrogen-bond acceptors (Lipinski definition) is 6. The van der Waals surface area contributed by atoms with Gasteiger partial charge < -0.3 is 10.0 Å². The van der Waals surface area contributed by atoms with Crippen LogP contribution >= 0.6 is 0 Å². The number of nitrogens with one attached hydrogen (secondary N) is 1. The van der Waals surface area contributed by atoms with E-state index in [-0.39, 0.29) is 11.4 Å². The van der Waals surface area contributed by atoms with Crippen LogP contribution in [0.4, 0.5) is 0 Å². The fourth-order valence-electron chi connectivity index (χ4n) is 1.28. The zero-order valence-electron chi connectivity index (χ0n) is 9.72. The maximum Gasteiger partial charge on any atom is 0.364 e. The van der Waals surface area contributed by atoms with Gasteiger partial charge in [-0.05, 0) is 24.3 Å². The SMILES string of the molecule is O=C(ONC(=NO)c1cccnc1)c1cccnc1. The highest BCUT2D eigenvalue weighted by molar-refractivity contribution is 5.98. The van der Waals surface area contributed by atoms with E-state index in [0.717, 1.165) is 0 Å². The third kappa shape index (κ3) is 3.25. The second-order valence-electron chi connectivity index (χ2n) is 3.42. The fraction of sp³-hybridized carbons (Fsp3) is 0. The molecule has 0 bridgehead atoms. The Balaban J connectivity index is 2.00. The second-order valence-corrected chi connectivity index (χ2v) is 3.42. The van der Waals surface area contributed by atoms with Gasteiger partial charge in [0.25, 0.3) is 0 Å². The monoisotopic (exact) mass is 258 g/mol. The smallest absolute Gasteiger partial charge is 0.364 e. The molecule has 0 saturated carbocycles. The molecule has 0 unspecified atom stereocenters. The van der Waals surface area contributed by atoms with E-state index >= 15 is 0 Å². The second kappa shape index (κ2) is 6.10. The van der Waals surface area contributed by atoms with Crippen LogP contribution in [0, 0.1) is 0 Å². The normalized spacial score (nSPS) is 10.8. The number of carbonyl (C=O) groups is 1. The number of oxime groups is 1. The first-order valence-corrected chi connectivity index (χ1v) is 5.31. The summed E-state index contributed by atoms with van der Waals surface area (Å²) in [6.45, 7) is 0. The first kappa shape index (κ1) is 12.5. The molecule has 2 aromatic rings. The molecule has 96 valence electrons. The Hall–Kier alpha value is -2.96. The number of hydrogen-bond donors (Lipinski definition) is 2. The summed E-state index contributed by atoms with van der Waals surface area (Å²) in [6.07, 6.45) is 5.93. The summed E-state index contributed by atoms with van der Waals surface area (Å²) in [5.41, 5.74) is 3.02. The highest BCUT2D eigenvalue weighted by Gasteiger charge is 2.10. The topological polar surface area (TPSA) is 96.7 Å². The van der Waals surface area contributed by atoms with Gasteiger partial charge >= 0.3 is 5.97 Å². The molecular formula is C12H10N4O3. The van der Waals surface area contributed by atoms with Crippen LogP contribution < -0.4 is 5.48 Å². The molecule has 0 aliphatic heterocycles. The average Bonchev–Trinajstić information content (AvgIpc) is 2.49. The standard InChI is InChI=1S/C12H10N4O3/c17-12(10-4-2-6-14-8-10)19-16-11(15-18)9-3-1-5-13-7-9/h1-8,18H,(H,15,16). The number of carbonyl (C=O) groups excluding carboxylic acids is 1. The molecule has 0 radical (unpaired) electrons. The molecule has 19 heavy (non-hydrogen) atoms. The van der Waals surface area contributed by atoms with Crippen LogP contribution in [0.3, 0.4) is 0 Å². The van der Waals surface area contributed by atoms with E-state index in [4.69, 9.17) is 10.0 Å². The van der Waals surface area contributed by atoms with Gasteiger partial charge in [0.2, 0.25) is 5.84 Å². The summed E-state index contributed by atoms with van der Waals surface area (Å²) < 4.78 is 0. The van der Waals surface area contributed by atoms with E-state index < -0.39 is 5.97 Å². The van der Waals surface area contributed by atoms with Crippen LogP contribution in [-0.4, -0.2) is 27.0 Å². The molecule has 0 atom stereocenters. The van der Waals surface area contributed by atoms with Gasteiger partial charge in [0.1, 0.15) is 0 Å². The summed E-state index contributed by atoms with van der Waals surface area (Å²) in [6, 6.07) is 6.47. The molecule has 7 heteroatoms. The van der Waals surface area contributed by atoms with Crippen LogP contribution in [0.15, 0.2) is 54.2 Å². The first-order valence-electron chi connectivity index (χ1n) is 5.31. The summed E-state index contributed by atoms with van der Waals surface area (Å²) in [5.74, 6) is -0.663. The molecule has 0 saturated heterocycles. The van der Waals surface area contributed by atoms with Crippen molar-refractivity contribution in [2.24, 2.45) is 5.16 Å². The van der Waals surface area contributed by atoms with Crippen molar-refractivity contribution in [1.29, 1.82) is 0 Å². The predicted molar refractivity (Wildman–Crippen MR) is 65.3 cm³/mol. The van der Waals surface area contributed by atoms with Crippen molar-refractivity contribution in [3.63, 3.8) is 0 Å². The molecular weight excluding hydrogens is 248 g/mol. The minimum absolute atomic E-state index is 0.0228. The number of aromatic nitrogens is 2. The summed E-state index contributed by atoms with van der Waals surface area (Å²) in [4.78, 5) is 24.1. The molecule has 0 fully saturated rings. The summed E-state index contributed by atoms with van der Waals surface area (Å²) >= 11 is 0. The van der Waals surface area contributed by atoms with Crippen molar-refractivity contribution in [3.05, 3.63) is 60.2 Å². The van der Waals surface area contributed by atoms with Gasteiger partial charge in [-0.25, -0.2) is 4.79 Å². The Morgan fingerprint density at radius 1 is 1.16 bits per heavy atom. The van der Waals surface area contributed by atoms with E-state index in [9.17, 15) is 4.79 Å². The van der Waals surface area contributed by atoms with Gasteiger partial charge in [-0.2, -0.15) is 5.48 Å². The molecule has 2 N–H and O–H groups in total. The maximum atomic E-state index is 11.6. The van der Waals surface area contributed by atoms with Gasteiger partial charge in [0.15, 0.2) is 0 Å². The van der Waals surface area contributed by atoms with Crippen molar-refractivity contribution in [2.45, 2.75) is 0 Å². The molecule has 2 aromatic heterocycles. The third-order valence-corrected chi connectivity index (χ3v) is 2.17. The van der Waals surface area contributed by atoms with Gasteiger partial charge in [0.05, 0.1) is 5.56 Å². The van der Waals surface area contributed by atoms with Crippen LogP contribution in [-0.2, 0) is 4.84 Å². The molecule has 7 nitrogen and oxygen atoms in total. The van der Waals surface area contributed by atoms with Gasteiger partial charge in [-0.15, -0.1) is 0 Å². The molecule has 2 rings (SSSR count). The van der Waals surface area contributed by atoms with Crippen LogP contribution in [0.1, 0.15) is 15.9 Å². The van der Waals surface area contributed by atoms with Gasteiger partial charge in [-0.3, -0.25) is 9.97 Å². The van der Waals surface area contributed by atoms with E-state index in [1.807, 2.05) is 0 Å². The van der Waals surface area contributed by atoms with E-state index in [1.54, 1.807) is 36.7 Å². The number of pyridine rings is 2. The minimum atomic E-state index is -0.641. The Kier molecular flexibility index (Phi) is 4.01. The zero-order valence-corrected chi connectivity index (χ0v) is 9.72. The maximum absolute atomic E-state index is 11.6. The predicted octanol–water partition coefficient (Wildman–Crippen LogP) is 0.974. The molecule has 0 spiro atoms. The largest absolute Gasteiger partial charge is 0.409 e. The van der Waals surface area contributed by atoms with Crippen molar-refractivity contribution in [1.82, 2.24) is 15.4 Å². The third-order valence-electron chi connectivity index (χ3n) is 2.17. The van der Waals surface area contributed by atoms with Crippen LogP contribution in [0.2, 0.25) is 0 Å². The lowest BCUT2D eigenvalue weighted by atomic mass is 10.3. The Labute approximate surface area is 108 Å². The highest BCUT2D eigenvalue weighted by atomic mass is 16.7. The molecule has 0 aliphatic rings. The lowest BCUT2D eigenvalue weighted by Gasteiger charge is -2.07. The average molecular weight is 258 g/mol. The van der Waals surface area contributed by atoms with E-state index in [1.165, 1.54) is 12.4 Å². The van der Waals surface area contributed by atoms with E-state index in [0.29, 0.717) is 5.56 Å². The molecule has 0 aromatic carbocycles. The zero-order chi connectivity index (χ0) is 13.5. The fourth-order valence-corrected chi connectivity index (χ4v) is 1.28. The molecule has 0 amide bonds. The van der Waals surface area contributed by atoms with Gasteiger partial charge in [-0.1, -0.05) is 5.16 Å². The quantitative estimate of drug-likeness (QED) is 0.360. The first-order chi connectivity index (χ1) is 9.31. The molecule has 0 aliphatic carbocycles. The lowest BCUT2D eigenvalue weighted by molar-refractivity contribution is 0.0382. The lowest BCUT2D eigenvalue weighted by Crippen LogP contribution is -2.28. The molecule has 2 heterocycles.